The molecule has 0 aliphatic carbocycles. The summed E-state index contributed by atoms with van der Waals surface area (Å²) in [6.45, 7) is 2.61. The molecule has 1 atom stereocenters. The van der Waals surface area contributed by atoms with E-state index in [0.29, 0.717) is 35.4 Å². The van der Waals surface area contributed by atoms with Gasteiger partial charge in [0.05, 0.1) is 12.2 Å². The van der Waals surface area contributed by atoms with E-state index in [1.54, 1.807) is 30.0 Å². The first-order chi connectivity index (χ1) is 12.6. The van der Waals surface area contributed by atoms with Gasteiger partial charge in [0.15, 0.2) is 0 Å². The molecule has 0 N–H and O–H groups in total. The van der Waals surface area contributed by atoms with Crippen LogP contribution in [0.3, 0.4) is 0 Å². The van der Waals surface area contributed by atoms with Crippen LogP contribution < -0.4 is 9.64 Å². The summed E-state index contributed by atoms with van der Waals surface area (Å²) in [5, 5.41) is 13.0. The van der Waals surface area contributed by atoms with E-state index in [4.69, 9.17) is 16.3 Å². The second-order valence-corrected chi connectivity index (χ2v) is 6.36. The first-order valence-electron chi connectivity index (χ1n) is 8.22. The number of hydrogen-bond donors (Lipinski definition) is 0. The normalized spacial score (nSPS) is 14.5. The Morgan fingerprint density at radius 3 is 2.85 bits per heavy atom. The van der Waals surface area contributed by atoms with Gasteiger partial charge in [0.1, 0.15) is 18.4 Å². The van der Waals surface area contributed by atoms with E-state index in [1.807, 2.05) is 30.3 Å². The molecule has 1 aliphatic rings. The fourth-order valence-electron chi connectivity index (χ4n) is 2.84. The molecule has 1 amide bonds. The number of nitrogens with zero attached hydrogens (tertiary/aromatic N) is 5. The van der Waals surface area contributed by atoms with Crippen LogP contribution in [0.1, 0.15) is 13.0 Å². The highest BCUT2D eigenvalue weighted by Crippen LogP contribution is 2.35. The summed E-state index contributed by atoms with van der Waals surface area (Å²) >= 11 is 6.08. The lowest BCUT2D eigenvalue weighted by Gasteiger charge is -2.31. The lowest BCUT2D eigenvalue weighted by atomic mass is 10.2. The van der Waals surface area contributed by atoms with Crippen molar-refractivity contribution in [2.24, 2.45) is 0 Å². The topological polar surface area (TPSA) is 73.1 Å². The van der Waals surface area contributed by atoms with Gasteiger partial charge in [-0.25, -0.2) is 0 Å². The van der Waals surface area contributed by atoms with Crippen LogP contribution >= 0.6 is 11.6 Å². The number of benzene rings is 2. The van der Waals surface area contributed by atoms with E-state index >= 15 is 0 Å². The van der Waals surface area contributed by atoms with Crippen molar-refractivity contribution in [1.29, 1.82) is 0 Å². The zero-order valence-electron chi connectivity index (χ0n) is 14.0. The minimum Gasteiger partial charge on any atom is -0.490 e. The van der Waals surface area contributed by atoms with Crippen molar-refractivity contribution in [2.45, 2.75) is 13.0 Å². The fraction of sp³-hybridized carbons (Fsp3) is 0.222. The Morgan fingerprint density at radius 2 is 2.04 bits per heavy atom. The van der Waals surface area contributed by atoms with Gasteiger partial charge in [0, 0.05) is 10.6 Å². The third kappa shape index (κ3) is 3.01. The highest BCUT2D eigenvalue weighted by atomic mass is 35.5. The highest BCUT2D eigenvalue weighted by molar-refractivity contribution is 6.31. The first-order valence-corrected chi connectivity index (χ1v) is 8.60. The van der Waals surface area contributed by atoms with E-state index in [9.17, 15) is 4.79 Å². The monoisotopic (exact) mass is 369 g/mol. The number of tetrazole rings is 1. The van der Waals surface area contributed by atoms with E-state index < -0.39 is 6.04 Å². The van der Waals surface area contributed by atoms with Gasteiger partial charge in [-0.1, -0.05) is 41.9 Å². The van der Waals surface area contributed by atoms with Crippen LogP contribution in [-0.4, -0.2) is 39.3 Å². The molecule has 0 bridgehead atoms. The molecule has 3 aromatic rings. The minimum atomic E-state index is -0.607. The Kier molecular flexibility index (Phi) is 4.30. The van der Waals surface area contributed by atoms with Gasteiger partial charge in [-0.3, -0.25) is 4.79 Å². The molecule has 0 saturated heterocycles. The third-order valence-corrected chi connectivity index (χ3v) is 4.45. The van der Waals surface area contributed by atoms with Crippen molar-refractivity contribution in [3.05, 3.63) is 53.6 Å². The second-order valence-electron chi connectivity index (χ2n) is 5.93. The highest BCUT2D eigenvalue weighted by Gasteiger charge is 2.29. The number of anilines is 1. The molecule has 8 heteroatoms. The molecule has 26 heavy (non-hydrogen) atoms. The Labute approximate surface area is 155 Å². The molecule has 0 saturated carbocycles. The van der Waals surface area contributed by atoms with Gasteiger partial charge >= 0.3 is 0 Å². The van der Waals surface area contributed by atoms with Crippen molar-refractivity contribution < 1.29 is 9.53 Å². The number of halogens is 1. The van der Waals surface area contributed by atoms with Crippen LogP contribution in [0, 0.1) is 0 Å². The fourth-order valence-corrected chi connectivity index (χ4v) is 3.00. The molecule has 4 rings (SSSR count). The number of ether oxygens (including phenoxy) is 1. The summed E-state index contributed by atoms with van der Waals surface area (Å²) in [7, 11) is 0. The largest absolute Gasteiger partial charge is 0.490 e. The summed E-state index contributed by atoms with van der Waals surface area (Å²) in [5.74, 6) is 0.974. The number of aromatic nitrogens is 4. The Hall–Kier alpha value is -2.93. The predicted octanol–water partition coefficient (Wildman–Crippen LogP) is 2.98. The maximum absolute atomic E-state index is 13.0. The average Bonchev–Trinajstić information content (AvgIpc) is 3.17. The molecule has 1 aromatic heterocycles. The Balaban J connectivity index is 1.60. The summed E-state index contributed by atoms with van der Waals surface area (Å²) in [6.07, 6.45) is 0. The van der Waals surface area contributed by atoms with Gasteiger partial charge in [0.25, 0.3) is 5.91 Å². The molecule has 2 heterocycles. The SMILES string of the molecule is CC(C(=O)N1CCOc2ccc(Cl)cc21)n1nnc(-c2ccccc2)n1. The maximum atomic E-state index is 13.0. The van der Waals surface area contributed by atoms with Crippen LogP contribution in [0.4, 0.5) is 5.69 Å². The van der Waals surface area contributed by atoms with Gasteiger partial charge in [-0.15, -0.1) is 10.2 Å². The molecule has 0 radical (unpaired) electrons. The summed E-state index contributed by atoms with van der Waals surface area (Å²) < 4.78 is 5.60. The summed E-state index contributed by atoms with van der Waals surface area (Å²) in [4.78, 5) is 16.0. The number of fused-ring (bicyclic) bond motifs is 1. The quantitative estimate of drug-likeness (QED) is 0.709. The van der Waals surface area contributed by atoms with Crippen molar-refractivity contribution in [2.75, 3.05) is 18.1 Å². The zero-order chi connectivity index (χ0) is 18.1. The molecule has 7 nitrogen and oxygen atoms in total. The van der Waals surface area contributed by atoms with Gasteiger partial charge < -0.3 is 9.64 Å². The van der Waals surface area contributed by atoms with Crippen molar-refractivity contribution in [3.8, 4) is 17.1 Å². The van der Waals surface area contributed by atoms with E-state index in [2.05, 4.69) is 15.4 Å². The molecular weight excluding hydrogens is 354 g/mol. The lowest BCUT2D eigenvalue weighted by molar-refractivity contribution is -0.122. The smallest absolute Gasteiger partial charge is 0.253 e. The molecule has 132 valence electrons. The van der Waals surface area contributed by atoms with Gasteiger partial charge in [-0.2, -0.15) is 4.80 Å². The molecule has 2 aromatic carbocycles. The first kappa shape index (κ1) is 16.5. The standard InChI is InChI=1S/C18H16ClN5O2/c1-12(24-21-17(20-22-24)13-5-3-2-4-6-13)18(25)23-9-10-26-16-8-7-14(19)11-15(16)23/h2-8,11-12H,9-10H2,1H3. The number of carbonyl (C=O) groups is 1. The number of carbonyl (C=O) groups excluding carboxylic acids is 1. The molecule has 1 aliphatic heterocycles. The number of hydrogen-bond acceptors (Lipinski definition) is 5. The Morgan fingerprint density at radius 1 is 1.23 bits per heavy atom. The van der Waals surface area contributed by atoms with Gasteiger partial charge in [-0.05, 0) is 30.3 Å². The predicted molar refractivity (Wildman–Crippen MR) is 97.3 cm³/mol. The summed E-state index contributed by atoms with van der Waals surface area (Å²) in [6, 6.07) is 14.1. The Bertz CT molecular complexity index is 944. The van der Waals surface area contributed by atoms with Gasteiger partial charge in [0.2, 0.25) is 5.82 Å². The lowest BCUT2D eigenvalue weighted by Crippen LogP contribution is -2.42. The van der Waals surface area contributed by atoms with Crippen molar-refractivity contribution >= 4 is 23.2 Å². The average molecular weight is 370 g/mol. The van der Waals surface area contributed by atoms with Crippen LogP contribution in [0.15, 0.2) is 48.5 Å². The van der Waals surface area contributed by atoms with Crippen molar-refractivity contribution in [1.82, 2.24) is 20.2 Å². The minimum absolute atomic E-state index is 0.145. The van der Waals surface area contributed by atoms with E-state index in [0.717, 1.165) is 5.56 Å². The van der Waals surface area contributed by atoms with Crippen LogP contribution in [0.25, 0.3) is 11.4 Å². The van der Waals surface area contributed by atoms with Crippen LogP contribution in [0.5, 0.6) is 5.75 Å². The van der Waals surface area contributed by atoms with E-state index in [-0.39, 0.29) is 5.91 Å². The number of rotatable bonds is 3. The molecule has 0 fully saturated rings. The second kappa shape index (κ2) is 6.76. The molecule has 0 spiro atoms. The van der Waals surface area contributed by atoms with E-state index in [1.165, 1.54) is 4.80 Å². The maximum Gasteiger partial charge on any atom is 0.253 e. The van der Waals surface area contributed by atoms with Crippen molar-refractivity contribution in [3.63, 3.8) is 0 Å². The number of amides is 1. The molecule has 1 unspecified atom stereocenters. The third-order valence-electron chi connectivity index (χ3n) is 4.21. The molecular formula is C18H16ClN5O2. The zero-order valence-corrected chi connectivity index (χ0v) is 14.8. The van der Waals surface area contributed by atoms with Crippen LogP contribution in [-0.2, 0) is 4.79 Å². The van der Waals surface area contributed by atoms with Crippen LogP contribution in [0.2, 0.25) is 5.02 Å². The summed E-state index contributed by atoms with van der Waals surface area (Å²) in [5.41, 5.74) is 1.51.